The van der Waals surface area contributed by atoms with Crippen LogP contribution < -0.4 is 4.90 Å². The highest BCUT2D eigenvalue weighted by Crippen LogP contribution is 2.34. The van der Waals surface area contributed by atoms with E-state index in [9.17, 15) is 10.5 Å². The second kappa shape index (κ2) is 8.36. The molecule has 0 radical (unpaired) electrons. The smallest absolute Gasteiger partial charge is 0.184 e. The number of aromatic nitrogens is 7. The van der Waals surface area contributed by atoms with E-state index in [0.29, 0.717) is 23.4 Å². The fourth-order valence-corrected chi connectivity index (χ4v) is 4.55. The summed E-state index contributed by atoms with van der Waals surface area (Å²) in [6, 6.07) is 6.26. The average Bonchev–Trinajstić information content (AvgIpc) is 3.57. The molecular weight excluding hydrogens is 472 g/mol. The Morgan fingerprint density at radius 1 is 1.25 bits per heavy atom. The molecule has 0 aromatic carbocycles. The second-order valence-corrected chi connectivity index (χ2v) is 8.38. The molecule has 2 atom stereocenters. The van der Waals surface area contributed by atoms with Crippen LogP contribution in [0, 0.1) is 28.6 Å². The van der Waals surface area contributed by atoms with E-state index in [-0.39, 0.29) is 17.7 Å². The van der Waals surface area contributed by atoms with E-state index in [1.807, 2.05) is 23.1 Å². The Hall–Kier alpha value is -3.83. The Labute approximate surface area is 191 Å². The summed E-state index contributed by atoms with van der Waals surface area (Å²) in [6.45, 7) is 1.41. The summed E-state index contributed by atoms with van der Waals surface area (Å²) in [5.74, 6) is 0.753. The lowest BCUT2D eigenvalue weighted by molar-refractivity contribution is 0.332. The van der Waals surface area contributed by atoms with Crippen LogP contribution in [-0.4, -0.2) is 47.8 Å². The fourth-order valence-electron chi connectivity index (χ4n) is 4.28. The van der Waals surface area contributed by atoms with Crippen LogP contribution in [0.4, 0.5) is 5.82 Å². The van der Waals surface area contributed by atoms with E-state index in [0.717, 1.165) is 35.3 Å². The van der Waals surface area contributed by atoms with Gasteiger partial charge < -0.3 is 9.88 Å². The van der Waals surface area contributed by atoms with E-state index in [4.69, 9.17) is 0 Å². The van der Waals surface area contributed by atoms with E-state index < -0.39 is 0 Å². The van der Waals surface area contributed by atoms with E-state index in [1.54, 1.807) is 12.4 Å². The van der Waals surface area contributed by atoms with Crippen LogP contribution in [0.3, 0.4) is 0 Å². The number of nitrogens with one attached hydrogen (secondary N) is 1. The number of nitrogens with zero attached hydrogens (tertiary/aromatic N) is 9. The van der Waals surface area contributed by atoms with Gasteiger partial charge in [-0.3, -0.25) is 4.68 Å². The first-order valence-corrected chi connectivity index (χ1v) is 10.8. The summed E-state index contributed by atoms with van der Waals surface area (Å²) in [5.41, 5.74) is 2.74. The van der Waals surface area contributed by atoms with E-state index in [2.05, 4.69) is 63.0 Å². The molecule has 4 aromatic rings. The van der Waals surface area contributed by atoms with Crippen molar-refractivity contribution in [3.05, 3.63) is 47.5 Å². The van der Waals surface area contributed by atoms with Crippen molar-refractivity contribution in [2.24, 2.45) is 5.92 Å². The molecule has 5 heterocycles. The zero-order valence-electron chi connectivity index (χ0n) is 16.9. The molecular formula is C21H17BrN10. The molecule has 0 bridgehead atoms. The molecule has 11 heteroatoms. The van der Waals surface area contributed by atoms with Crippen molar-refractivity contribution < 1.29 is 0 Å². The number of halogens is 1. The lowest BCUT2D eigenvalue weighted by atomic mass is 9.96. The normalized spacial score (nSPS) is 16.7. The van der Waals surface area contributed by atoms with Crippen molar-refractivity contribution >= 4 is 32.8 Å². The Morgan fingerprint density at radius 3 is 3.00 bits per heavy atom. The topological polar surface area (TPSA) is 136 Å². The summed E-state index contributed by atoms with van der Waals surface area (Å²) in [6.07, 6.45) is 9.87. The van der Waals surface area contributed by atoms with Gasteiger partial charge in [-0.1, -0.05) is 0 Å². The van der Waals surface area contributed by atoms with Gasteiger partial charge in [0.1, 0.15) is 22.6 Å². The number of fused-ring (bicyclic) bond motifs is 1. The number of hydrogen-bond acceptors (Lipinski definition) is 8. The van der Waals surface area contributed by atoms with Gasteiger partial charge in [0, 0.05) is 42.4 Å². The highest BCUT2D eigenvalue weighted by molar-refractivity contribution is 9.10. The third-order valence-corrected chi connectivity index (χ3v) is 6.15. The number of H-pyrrole nitrogens is 1. The zero-order valence-corrected chi connectivity index (χ0v) is 18.4. The Morgan fingerprint density at radius 2 is 2.16 bits per heavy atom. The van der Waals surface area contributed by atoms with Crippen molar-refractivity contribution in [3.8, 4) is 23.4 Å². The highest BCUT2D eigenvalue weighted by atomic mass is 79.9. The summed E-state index contributed by atoms with van der Waals surface area (Å²) < 4.78 is 2.40. The van der Waals surface area contributed by atoms with Gasteiger partial charge >= 0.3 is 0 Å². The van der Waals surface area contributed by atoms with E-state index in [1.165, 1.54) is 6.33 Å². The Bertz CT molecular complexity index is 1360. The lowest BCUT2D eigenvalue weighted by Crippen LogP contribution is -2.26. The van der Waals surface area contributed by atoms with Crippen molar-refractivity contribution in [1.82, 2.24) is 34.7 Å². The van der Waals surface area contributed by atoms with E-state index >= 15 is 0 Å². The van der Waals surface area contributed by atoms with Crippen LogP contribution in [0.1, 0.15) is 24.6 Å². The molecule has 1 saturated heterocycles. The summed E-state index contributed by atoms with van der Waals surface area (Å²) in [5, 5.41) is 24.4. The quantitative estimate of drug-likeness (QED) is 0.451. The predicted octanol–water partition coefficient (Wildman–Crippen LogP) is 3.23. The van der Waals surface area contributed by atoms with Gasteiger partial charge in [0.25, 0.3) is 0 Å². The summed E-state index contributed by atoms with van der Waals surface area (Å²) >= 11 is 3.26. The standard InChI is InChI=1S/C21H17BrN10/c22-18-9-26-21(16(7-24)30-18)31-6-3-13(10-31)17(1-4-23)32-11-14(8-29-32)19-15-2-5-25-20(15)28-12-27-19/h2,5,8-9,11-13,17H,1,3,6,10H2,(H,25,27,28)/t13-,17-/m0/s1. The largest absolute Gasteiger partial charge is 0.354 e. The Balaban J connectivity index is 1.41. The molecule has 0 saturated carbocycles. The first-order chi connectivity index (χ1) is 15.7. The number of rotatable bonds is 5. The number of nitriles is 2. The van der Waals surface area contributed by atoms with Crippen molar-refractivity contribution in [3.63, 3.8) is 0 Å². The number of aromatic amines is 1. The highest BCUT2D eigenvalue weighted by Gasteiger charge is 2.33. The van der Waals surface area contributed by atoms with Crippen LogP contribution >= 0.6 is 15.9 Å². The SMILES string of the molecule is N#CC[C@@H]([C@H]1CCN(c2ncc(Br)nc2C#N)C1)n1cc(-c2ncnc3[nH]ccc23)cn1. The molecule has 10 nitrogen and oxygen atoms in total. The third kappa shape index (κ3) is 3.57. The maximum atomic E-state index is 9.49. The molecule has 158 valence electrons. The molecule has 1 fully saturated rings. The van der Waals surface area contributed by atoms with Gasteiger partial charge in [0.15, 0.2) is 11.5 Å². The molecule has 1 N–H and O–H groups in total. The lowest BCUT2D eigenvalue weighted by Gasteiger charge is -2.23. The van der Waals surface area contributed by atoms with Gasteiger partial charge in [-0.25, -0.2) is 19.9 Å². The predicted molar refractivity (Wildman–Crippen MR) is 119 cm³/mol. The maximum absolute atomic E-state index is 9.49. The average molecular weight is 489 g/mol. The van der Waals surface area contributed by atoms with Gasteiger partial charge in [-0.15, -0.1) is 0 Å². The van der Waals surface area contributed by atoms with Crippen LogP contribution in [0.2, 0.25) is 0 Å². The minimum absolute atomic E-state index is 0.101. The van der Waals surface area contributed by atoms with Gasteiger partial charge in [0.05, 0.1) is 36.6 Å². The molecule has 0 aliphatic carbocycles. The molecule has 0 unspecified atom stereocenters. The van der Waals surface area contributed by atoms with Crippen molar-refractivity contribution in [1.29, 1.82) is 10.5 Å². The zero-order chi connectivity index (χ0) is 22.1. The molecule has 0 spiro atoms. The van der Waals surface area contributed by atoms with Crippen molar-refractivity contribution in [2.45, 2.75) is 18.9 Å². The van der Waals surface area contributed by atoms with Gasteiger partial charge in [-0.2, -0.15) is 15.6 Å². The maximum Gasteiger partial charge on any atom is 0.184 e. The number of anilines is 1. The first-order valence-electron chi connectivity index (χ1n) is 10.0. The van der Waals surface area contributed by atoms with Crippen LogP contribution in [-0.2, 0) is 0 Å². The Kier molecular flexibility index (Phi) is 5.25. The minimum atomic E-state index is -0.101. The summed E-state index contributed by atoms with van der Waals surface area (Å²) in [4.78, 5) is 22.5. The minimum Gasteiger partial charge on any atom is -0.354 e. The fraction of sp³-hybridized carbons (Fsp3) is 0.286. The summed E-state index contributed by atoms with van der Waals surface area (Å²) in [7, 11) is 0. The molecule has 5 rings (SSSR count). The first kappa shape index (κ1) is 20.1. The molecule has 0 amide bonds. The third-order valence-electron chi connectivity index (χ3n) is 5.77. The van der Waals surface area contributed by atoms with Crippen molar-refractivity contribution in [2.75, 3.05) is 18.0 Å². The second-order valence-electron chi connectivity index (χ2n) is 7.57. The monoisotopic (exact) mass is 488 g/mol. The van der Waals surface area contributed by atoms with Gasteiger partial charge in [-0.05, 0) is 28.4 Å². The van der Waals surface area contributed by atoms with Crippen LogP contribution in [0.15, 0.2) is 41.8 Å². The molecule has 1 aliphatic heterocycles. The molecule has 4 aromatic heterocycles. The van der Waals surface area contributed by atoms with Gasteiger partial charge in [0.2, 0.25) is 0 Å². The van der Waals surface area contributed by atoms with Crippen LogP contribution in [0.25, 0.3) is 22.3 Å². The molecule has 32 heavy (non-hydrogen) atoms. The number of hydrogen-bond donors (Lipinski definition) is 1. The van der Waals surface area contributed by atoms with Crippen LogP contribution in [0.5, 0.6) is 0 Å². The molecule has 1 aliphatic rings.